The van der Waals surface area contributed by atoms with Crippen LogP contribution in [0.1, 0.15) is 19.4 Å². The molecule has 2 rings (SSSR count). The maximum Gasteiger partial charge on any atom is 0.234 e. The minimum absolute atomic E-state index is 0.0298. The monoisotopic (exact) mass is 292 g/mol. The van der Waals surface area contributed by atoms with Gasteiger partial charge in [-0.15, -0.1) is 0 Å². The summed E-state index contributed by atoms with van der Waals surface area (Å²) in [7, 11) is 1.64. The lowest BCUT2D eigenvalue weighted by atomic mass is 10.2. The zero-order chi connectivity index (χ0) is 15.2. The Kier molecular flexibility index (Phi) is 5.59. The first-order valence-corrected chi connectivity index (χ1v) is 7.35. The molecule has 5 heteroatoms. The number of hydrogen-bond donors (Lipinski definition) is 1. The van der Waals surface area contributed by atoms with Crippen LogP contribution in [0.5, 0.6) is 5.75 Å². The van der Waals surface area contributed by atoms with E-state index in [1.165, 1.54) is 0 Å². The Morgan fingerprint density at radius 1 is 1.33 bits per heavy atom. The summed E-state index contributed by atoms with van der Waals surface area (Å²) in [5.74, 6) is 0.827. The predicted octanol–water partition coefficient (Wildman–Crippen LogP) is 1.42. The topological polar surface area (TPSA) is 50.8 Å². The number of ether oxygens (including phenoxy) is 2. The van der Waals surface area contributed by atoms with Crippen LogP contribution in [0.15, 0.2) is 24.3 Å². The summed E-state index contributed by atoms with van der Waals surface area (Å²) in [6, 6.07) is 7.71. The molecule has 1 heterocycles. The van der Waals surface area contributed by atoms with Gasteiger partial charge in [0, 0.05) is 25.2 Å². The predicted molar refractivity (Wildman–Crippen MR) is 81.3 cm³/mol. The second-order valence-electron chi connectivity index (χ2n) is 5.54. The van der Waals surface area contributed by atoms with E-state index in [0.717, 1.165) is 24.4 Å². The summed E-state index contributed by atoms with van der Waals surface area (Å²) in [5.41, 5.74) is 0.983. The maximum absolute atomic E-state index is 12.1. The van der Waals surface area contributed by atoms with E-state index >= 15 is 0 Å². The first-order chi connectivity index (χ1) is 10.1. The lowest BCUT2D eigenvalue weighted by molar-refractivity contribution is -0.126. The minimum Gasteiger partial charge on any atom is -0.496 e. The number of nitrogens with one attached hydrogen (secondary N) is 1. The van der Waals surface area contributed by atoms with E-state index in [1.807, 2.05) is 38.1 Å². The third kappa shape index (κ3) is 4.72. The molecule has 1 fully saturated rings. The summed E-state index contributed by atoms with van der Waals surface area (Å²) in [6.07, 6.45) is 0.353. The van der Waals surface area contributed by atoms with Crippen LogP contribution in [0.3, 0.4) is 0 Å². The molecule has 21 heavy (non-hydrogen) atoms. The Morgan fingerprint density at radius 3 is 2.67 bits per heavy atom. The Labute approximate surface area is 126 Å². The van der Waals surface area contributed by atoms with E-state index in [-0.39, 0.29) is 18.1 Å². The van der Waals surface area contributed by atoms with Gasteiger partial charge in [-0.25, -0.2) is 0 Å². The first kappa shape index (κ1) is 15.8. The Morgan fingerprint density at radius 2 is 2.00 bits per heavy atom. The van der Waals surface area contributed by atoms with Gasteiger partial charge in [-0.3, -0.25) is 9.69 Å². The van der Waals surface area contributed by atoms with Gasteiger partial charge in [0.1, 0.15) is 5.75 Å². The minimum atomic E-state index is 0.0298. The molecule has 1 aliphatic heterocycles. The summed E-state index contributed by atoms with van der Waals surface area (Å²) in [4.78, 5) is 14.2. The fraction of sp³-hybridized carbons (Fsp3) is 0.562. The van der Waals surface area contributed by atoms with E-state index in [0.29, 0.717) is 13.1 Å². The van der Waals surface area contributed by atoms with Gasteiger partial charge < -0.3 is 14.8 Å². The maximum atomic E-state index is 12.1. The molecule has 0 aromatic heterocycles. The standard InChI is InChI=1S/C16H24N2O3/c1-12-9-18(10-13(2)21-12)11-16(19)17-8-14-6-4-5-7-15(14)20-3/h4-7,12-13H,8-11H2,1-3H3,(H,17,19)/t12-,13+. The second kappa shape index (κ2) is 7.43. The number of nitrogens with zero attached hydrogens (tertiary/aromatic N) is 1. The van der Waals surface area contributed by atoms with E-state index in [9.17, 15) is 4.79 Å². The fourth-order valence-electron chi connectivity index (χ4n) is 2.72. The summed E-state index contributed by atoms with van der Waals surface area (Å²) >= 11 is 0. The number of rotatable bonds is 5. The van der Waals surface area contributed by atoms with Gasteiger partial charge in [0.25, 0.3) is 0 Å². The van der Waals surface area contributed by atoms with Gasteiger partial charge in [-0.2, -0.15) is 0 Å². The Balaban J connectivity index is 1.82. The van der Waals surface area contributed by atoms with Crippen LogP contribution < -0.4 is 10.1 Å². The number of benzene rings is 1. The van der Waals surface area contributed by atoms with Crippen molar-refractivity contribution in [2.45, 2.75) is 32.6 Å². The zero-order valence-electron chi connectivity index (χ0n) is 13.0. The van der Waals surface area contributed by atoms with Crippen molar-refractivity contribution in [3.05, 3.63) is 29.8 Å². The zero-order valence-corrected chi connectivity index (χ0v) is 13.0. The number of carbonyl (C=O) groups excluding carboxylic acids is 1. The van der Waals surface area contributed by atoms with Crippen LogP contribution in [0.4, 0.5) is 0 Å². The van der Waals surface area contributed by atoms with Gasteiger partial charge in [-0.1, -0.05) is 18.2 Å². The summed E-state index contributed by atoms with van der Waals surface area (Å²) in [6.45, 7) is 6.56. The average molecular weight is 292 g/mol. The molecule has 5 nitrogen and oxygen atoms in total. The molecule has 1 aliphatic rings. The molecule has 0 radical (unpaired) electrons. The SMILES string of the molecule is COc1ccccc1CNC(=O)CN1C[C@@H](C)O[C@@H](C)C1. The highest BCUT2D eigenvalue weighted by atomic mass is 16.5. The highest BCUT2D eigenvalue weighted by Gasteiger charge is 2.23. The average Bonchev–Trinajstić information content (AvgIpc) is 2.44. The van der Waals surface area contributed by atoms with E-state index in [2.05, 4.69) is 10.2 Å². The smallest absolute Gasteiger partial charge is 0.234 e. The molecule has 0 saturated carbocycles. The third-order valence-corrected chi connectivity index (χ3v) is 3.53. The van der Waals surface area contributed by atoms with Crippen LogP contribution in [-0.4, -0.2) is 49.8 Å². The number of methoxy groups -OCH3 is 1. The highest BCUT2D eigenvalue weighted by Crippen LogP contribution is 2.16. The lowest BCUT2D eigenvalue weighted by Gasteiger charge is -2.34. The van der Waals surface area contributed by atoms with Crippen molar-refractivity contribution in [2.75, 3.05) is 26.7 Å². The van der Waals surface area contributed by atoms with Crippen LogP contribution >= 0.6 is 0 Å². The quantitative estimate of drug-likeness (QED) is 0.892. The number of hydrogen-bond acceptors (Lipinski definition) is 4. The molecule has 0 spiro atoms. The Bertz CT molecular complexity index is 468. The van der Waals surface area contributed by atoms with Gasteiger partial charge in [0.2, 0.25) is 5.91 Å². The number of carbonyl (C=O) groups is 1. The van der Waals surface area contributed by atoms with Gasteiger partial charge in [0.05, 0.1) is 25.9 Å². The molecule has 1 aromatic rings. The normalized spacial score (nSPS) is 22.8. The number of para-hydroxylation sites is 1. The van der Waals surface area contributed by atoms with E-state index < -0.39 is 0 Å². The van der Waals surface area contributed by atoms with Crippen molar-refractivity contribution in [1.29, 1.82) is 0 Å². The molecule has 0 bridgehead atoms. The van der Waals surface area contributed by atoms with Crippen molar-refractivity contribution in [1.82, 2.24) is 10.2 Å². The molecule has 1 amide bonds. The van der Waals surface area contributed by atoms with Crippen molar-refractivity contribution < 1.29 is 14.3 Å². The molecule has 0 aliphatic carbocycles. The van der Waals surface area contributed by atoms with Crippen LogP contribution in [0.2, 0.25) is 0 Å². The lowest BCUT2D eigenvalue weighted by Crippen LogP contribution is -2.49. The van der Waals surface area contributed by atoms with Gasteiger partial charge >= 0.3 is 0 Å². The molecule has 1 saturated heterocycles. The van der Waals surface area contributed by atoms with Crippen molar-refractivity contribution >= 4 is 5.91 Å². The van der Waals surface area contributed by atoms with Crippen molar-refractivity contribution in [3.63, 3.8) is 0 Å². The third-order valence-electron chi connectivity index (χ3n) is 3.53. The molecule has 1 N–H and O–H groups in total. The van der Waals surface area contributed by atoms with Gasteiger partial charge in [-0.05, 0) is 19.9 Å². The summed E-state index contributed by atoms with van der Waals surface area (Å²) in [5, 5.41) is 2.95. The molecule has 2 atom stereocenters. The van der Waals surface area contributed by atoms with Gasteiger partial charge in [0.15, 0.2) is 0 Å². The van der Waals surface area contributed by atoms with Crippen LogP contribution in [0.25, 0.3) is 0 Å². The second-order valence-corrected chi connectivity index (χ2v) is 5.54. The number of morpholine rings is 1. The molecule has 1 aromatic carbocycles. The van der Waals surface area contributed by atoms with Crippen molar-refractivity contribution in [3.8, 4) is 5.75 Å². The van der Waals surface area contributed by atoms with E-state index in [4.69, 9.17) is 9.47 Å². The molecule has 116 valence electrons. The Hall–Kier alpha value is -1.59. The van der Waals surface area contributed by atoms with Crippen LogP contribution in [0, 0.1) is 0 Å². The summed E-state index contributed by atoms with van der Waals surface area (Å²) < 4.78 is 10.9. The van der Waals surface area contributed by atoms with Crippen LogP contribution in [-0.2, 0) is 16.1 Å². The molecular formula is C16H24N2O3. The van der Waals surface area contributed by atoms with Crippen molar-refractivity contribution in [2.24, 2.45) is 0 Å². The fourth-order valence-corrected chi connectivity index (χ4v) is 2.72. The van der Waals surface area contributed by atoms with E-state index in [1.54, 1.807) is 7.11 Å². The largest absolute Gasteiger partial charge is 0.496 e. The highest BCUT2D eigenvalue weighted by molar-refractivity contribution is 5.78. The number of amides is 1. The molecule has 0 unspecified atom stereocenters. The first-order valence-electron chi connectivity index (χ1n) is 7.35. The molecular weight excluding hydrogens is 268 g/mol.